The molecule has 5 heteroatoms. The lowest BCUT2D eigenvalue weighted by molar-refractivity contribution is -0.136. The van der Waals surface area contributed by atoms with Crippen molar-refractivity contribution in [1.82, 2.24) is 0 Å². The highest BCUT2D eigenvalue weighted by molar-refractivity contribution is 5.98. The third kappa shape index (κ3) is 2.51. The summed E-state index contributed by atoms with van der Waals surface area (Å²) in [6.45, 7) is 0.333. The average molecular weight is 248 g/mol. The Morgan fingerprint density at radius 2 is 2.00 bits per heavy atom. The predicted octanol–water partition coefficient (Wildman–Crippen LogP) is 0.991. The molecule has 2 rings (SSSR count). The van der Waals surface area contributed by atoms with Gasteiger partial charge in [-0.25, -0.2) is 0 Å². The first-order valence-electron chi connectivity index (χ1n) is 5.89. The molecule has 1 aliphatic carbocycles. The summed E-state index contributed by atoms with van der Waals surface area (Å²) in [6.07, 6.45) is 1.50. The Bertz CT molecular complexity index is 481. The predicted molar refractivity (Wildman–Crippen MR) is 67.1 cm³/mol. The minimum absolute atomic E-state index is 0.105. The third-order valence-corrected chi connectivity index (χ3v) is 3.33. The van der Waals surface area contributed by atoms with E-state index in [2.05, 4.69) is 5.32 Å². The number of carboxylic acids is 1. The number of para-hydroxylation sites is 1. The summed E-state index contributed by atoms with van der Waals surface area (Å²) in [5.74, 6) is -1.03. The van der Waals surface area contributed by atoms with Gasteiger partial charge in [-0.15, -0.1) is 0 Å². The van der Waals surface area contributed by atoms with Crippen LogP contribution in [0.4, 0.5) is 5.69 Å². The van der Waals surface area contributed by atoms with Crippen LogP contribution in [0.15, 0.2) is 24.3 Å². The number of aliphatic carboxylic acids is 1. The lowest BCUT2D eigenvalue weighted by Gasteiger charge is -2.15. The van der Waals surface area contributed by atoms with Crippen molar-refractivity contribution >= 4 is 17.6 Å². The Hall–Kier alpha value is -1.88. The maximum atomic E-state index is 12.0. The Labute approximate surface area is 105 Å². The molecule has 0 bridgehead atoms. The third-order valence-electron chi connectivity index (χ3n) is 3.33. The van der Waals surface area contributed by atoms with Crippen LogP contribution in [0.3, 0.4) is 0 Å². The number of carbonyl (C=O) groups excluding carboxylic acids is 1. The molecule has 0 unspecified atom stereocenters. The summed E-state index contributed by atoms with van der Waals surface area (Å²) >= 11 is 0. The first kappa shape index (κ1) is 12.6. The molecule has 4 N–H and O–H groups in total. The van der Waals surface area contributed by atoms with Gasteiger partial charge >= 0.3 is 5.97 Å². The Morgan fingerprint density at radius 1 is 1.33 bits per heavy atom. The second kappa shape index (κ2) is 4.78. The fourth-order valence-corrected chi connectivity index (χ4v) is 1.89. The second-order valence-corrected chi connectivity index (χ2v) is 4.67. The Balaban J connectivity index is 2.14. The molecule has 0 aliphatic heterocycles. The number of nitrogens with one attached hydrogen (secondary N) is 1. The molecule has 96 valence electrons. The van der Waals surface area contributed by atoms with E-state index in [1.54, 1.807) is 24.3 Å². The highest BCUT2D eigenvalue weighted by Crippen LogP contribution is 2.45. The topological polar surface area (TPSA) is 92.4 Å². The molecule has 1 aliphatic rings. The van der Waals surface area contributed by atoms with Crippen LogP contribution in [-0.2, 0) is 16.0 Å². The summed E-state index contributed by atoms with van der Waals surface area (Å²) in [4.78, 5) is 22.8. The zero-order valence-corrected chi connectivity index (χ0v) is 9.98. The van der Waals surface area contributed by atoms with Gasteiger partial charge in [0.25, 0.3) is 0 Å². The molecule has 0 spiro atoms. The quantitative estimate of drug-likeness (QED) is 0.724. The van der Waals surface area contributed by atoms with Gasteiger partial charge < -0.3 is 16.2 Å². The van der Waals surface area contributed by atoms with Gasteiger partial charge in [-0.2, -0.15) is 0 Å². The molecule has 0 heterocycles. The Morgan fingerprint density at radius 3 is 2.56 bits per heavy atom. The lowest BCUT2D eigenvalue weighted by atomic mass is 10.1. The Kier molecular flexibility index (Phi) is 3.34. The van der Waals surface area contributed by atoms with E-state index >= 15 is 0 Å². The van der Waals surface area contributed by atoms with E-state index in [1.165, 1.54) is 0 Å². The number of nitrogens with two attached hydrogens (primary N) is 1. The van der Waals surface area contributed by atoms with Crippen molar-refractivity contribution in [1.29, 1.82) is 0 Å². The number of carbonyl (C=O) groups is 2. The maximum Gasteiger partial charge on any atom is 0.307 e. The molecule has 0 aromatic heterocycles. The zero-order valence-electron chi connectivity index (χ0n) is 9.98. The molecule has 1 aromatic carbocycles. The second-order valence-electron chi connectivity index (χ2n) is 4.67. The van der Waals surface area contributed by atoms with E-state index in [4.69, 9.17) is 10.8 Å². The molecular weight excluding hydrogens is 232 g/mol. The molecule has 0 saturated heterocycles. The molecule has 1 saturated carbocycles. The van der Waals surface area contributed by atoms with Gasteiger partial charge in [-0.1, -0.05) is 18.2 Å². The number of amides is 1. The largest absolute Gasteiger partial charge is 0.481 e. The van der Waals surface area contributed by atoms with Crippen molar-refractivity contribution in [3.63, 3.8) is 0 Å². The number of hydrogen-bond donors (Lipinski definition) is 3. The molecule has 1 aromatic rings. The van der Waals surface area contributed by atoms with E-state index in [0.717, 1.165) is 12.8 Å². The monoisotopic (exact) mass is 248 g/mol. The van der Waals surface area contributed by atoms with Crippen molar-refractivity contribution in [2.45, 2.75) is 19.3 Å². The number of hydrogen-bond acceptors (Lipinski definition) is 3. The highest BCUT2D eigenvalue weighted by atomic mass is 16.4. The number of rotatable bonds is 5. The summed E-state index contributed by atoms with van der Waals surface area (Å²) in [5, 5.41) is 11.6. The van der Waals surface area contributed by atoms with Crippen LogP contribution in [0.5, 0.6) is 0 Å². The molecule has 0 atom stereocenters. The van der Waals surface area contributed by atoms with E-state index in [1.807, 2.05) is 0 Å². The van der Waals surface area contributed by atoms with Crippen molar-refractivity contribution < 1.29 is 14.7 Å². The minimum atomic E-state index is -0.920. The fraction of sp³-hybridized carbons (Fsp3) is 0.385. The van der Waals surface area contributed by atoms with Gasteiger partial charge in [-0.05, 0) is 24.5 Å². The SMILES string of the molecule is NCC1(C(=O)Nc2ccccc2CC(=O)O)CC1. The standard InChI is InChI=1S/C13H16N2O3/c14-8-13(5-6-13)12(18)15-10-4-2-1-3-9(10)7-11(16)17/h1-4H,5-8,14H2,(H,15,18)(H,16,17). The normalized spacial score (nSPS) is 16.1. The zero-order chi connectivity index (χ0) is 13.2. The van der Waals surface area contributed by atoms with Gasteiger partial charge in [-0.3, -0.25) is 9.59 Å². The van der Waals surface area contributed by atoms with E-state index in [0.29, 0.717) is 17.8 Å². The number of carboxylic acid groups (broad SMARTS) is 1. The van der Waals surface area contributed by atoms with Gasteiger partial charge in [0, 0.05) is 12.2 Å². The summed E-state index contributed by atoms with van der Waals surface area (Å²) in [5.41, 5.74) is 6.32. The van der Waals surface area contributed by atoms with Gasteiger partial charge in [0.1, 0.15) is 0 Å². The molecular formula is C13H16N2O3. The first-order chi connectivity index (χ1) is 8.57. The van der Waals surface area contributed by atoms with E-state index in [-0.39, 0.29) is 12.3 Å². The minimum Gasteiger partial charge on any atom is -0.481 e. The number of anilines is 1. The van der Waals surface area contributed by atoms with Crippen LogP contribution < -0.4 is 11.1 Å². The van der Waals surface area contributed by atoms with Crippen LogP contribution in [0.25, 0.3) is 0 Å². The molecule has 1 amide bonds. The summed E-state index contributed by atoms with van der Waals surface area (Å²) < 4.78 is 0. The summed E-state index contributed by atoms with van der Waals surface area (Å²) in [6, 6.07) is 6.93. The molecule has 5 nitrogen and oxygen atoms in total. The van der Waals surface area contributed by atoms with Crippen LogP contribution in [0, 0.1) is 5.41 Å². The molecule has 18 heavy (non-hydrogen) atoms. The van der Waals surface area contributed by atoms with Crippen LogP contribution in [0.2, 0.25) is 0 Å². The van der Waals surface area contributed by atoms with E-state index < -0.39 is 11.4 Å². The smallest absolute Gasteiger partial charge is 0.307 e. The van der Waals surface area contributed by atoms with Crippen LogP contribution >= 0.6 is 0 Å². The average Bonchev–Trinajstić information content (AvgIpc) is 3.12. The van der Waals surface area contributed by atoms with Crippen molar-refractivity contribution in [2.24, 2.45) is 11.1 Å². The number of benzene rings is 1. The van der Waals surface area contributed by atoms with Gasteiger partial charge in [0.2, 0.25) is 5.91 Å². The maximum absolute atomic E-state index is 12.0. The first-order valence-corrected chi connectivity index (χ1v) is 5.89. The fourth-order valence-electron chi connectivity index (χ4n) is 1.89. The van der Waals surface area contributed by atoms with Gasteiger partial charge in [0.15, 0.2) is 0 Å². The van der Waals surface area contributed by atoms with Crippen LogP contribution in [-0.4, -0.2) is 23.5 Å². The van der Waals surface area contributed by atoms with E-state index in [9.17, 15) is 9.59 Å². The highest BCUT2D eigenvalue weighted by Gasteiger charge is 2.48. The summed E-state index contributed by atoms with van der Waals surface area (Å²) in [7, 11) is 0. The van der Waals surface area contributed by atoms with Crippen molar-refractivity contribution in [2.75, 3.05) is 11.9 Å². The van der Waals surface area contributed by atoms with Crippen molar-refractivity contribution in [3.05, 3.63) is 29.8 Å². The molecule has 1 fully saturated rings. The lowest BCUT2D eigenvalue weighted by Crippen LogP contribution is -2.31. The van der Waals surface area contributed by atoms with Crippen LogP contribution in [0.1, 0.15) is 18.4 Å². The van der Waals surface area contributed by atoms with Crippen molar-refractivity contribution in [3.8, 4) is 0 Å². The molecule has 0 radical (unpaired) electrons. The van der Waals surface area contributed by atoms with Gasteiger partial charge in [0.05, 0.1) is 11.8 Å².